The second-order valence-corrected chi connectivity index (χ2v) is 5.74. The summed E-state index contributed by atoms with van der Waals surface area (Å²) in [5.41, 5.74) is -0.408. The minimum Gasteiger partial charge on any atom is -0.481 e. The van der Waals surface area contributed by atoms with Gasteiger partial charge in [0.2, 0.25) is 5.91 Å². The van der Waals surface area contributed by atoms with Crippen LogP contribution >= 0.6 is 11.6 Å². The molecule has 0 saturated heterocycles. The average molecular weight is 297 g/mol. The van der Waals surface area contributed by atoms with Gasteiger partial charge in [-0.05, 0) is 30.4 Å². The van der Waals surface area contributed by atoms with E-state index >= 15 is 0 Å². The number of carbonyl (C=O) groups excluding carboxylic acids is 1. The summed E-state index contributed by atoms with van der Waals surface area (Å²) in [5, 5.41) is 12.0. The zero-order chi connectivity index (χ0) is 14.6. The van der Waals surface area contributed by atoms with Crippen LogP contribution in [-0.2, 0) is 9.59 Å². The van der Waals surface area contributed by atoms with Crippen molar-refractivity contribution < 1.29 is 14.7 Å². The molecular formula is C14H17ClN2O3. The number of anilines is 1. The minimum absolute atomic E-state index is 0.0450. The molecule has 1 fully saturated rings. The molecule has 1 aliphatic rings. The van der Waals surface area contributed by atoms with Crippen LogP contribution in [0.2, 0.25) is 5.15 Å². The molecular weight excluding hydrogens is 280 g/mol. The molecule has 0 radical (unpaired) electrons. The maximum absolute atomic E-state index is 12.1. The van der Waals surface area contributed by atoms with Crippen LogP contribution < -0.4 is 5.32 Å². The molecule has 0 unspecified atom stereocenters. The van der Waals surface area contributed by atoms with E-state index in [1.165, 1.54) is 0 Å². The summed E-state index contributed by atoms with van der Waals surface area (Å²) < 4.78 is 0. The van der Waals surface area contributed by atoms with Gasteiger partial charge in [0.1, 0.15) is 11.0 Å². The molecule has 1 aromatic heterocycles. The highest BCUT2D eigenvalue weighted by Crippen LogP contribution is 2.44. The third-order valence-electron chi connectivity index (χ3n) is 3.71. The zero-order valence-electron chi connectivity index (χ0n) is 11.1. The summed E-state index contributed by atoms with van der Waals surface area (Å²) in [6.07, 6.45) is 3.80. The molecule has 20 heavy (non-hydrogen) atoms. The maximum Gasteiger partial charge on any atom is 0.303 e. The minimum atomic E-state index is -0.847. The van der Waals surface area contributed by atoms with E-state index in [9.17, 15) is 9.59 Å². The van der Waals surface area contributed by atoms with Gasteiger partial charge in [-0.15, -0.1) is 0 Å². The van der Waals surface area contributed by atoms with Gasteiger partial charge in [0, 0.05) is 6.42 Å². The summed E-state index contributed by atoms with van der Waals surface area (Å²) in [5.74, 6) is -0.658. The third-order valence-corrected chi connectivity index (χ3v) is 3.92. The Balaban J connectivity index is 2.00. The normalized spacial score (nSPS) is 16.9. The Bertz CT molecular complexity index is 513. The van der Waals surface area contributed by atoms with E-state index in [1.54, 1.807) is 18.2 Å². The lowest BCUT2D eigenvalue weighted by Gasteiger charge is -2.26. The maximum atomic E-state index is 12.1. The van der Waals surface area contributed by atoms with E-state index in [0.29, 0.717) is 11.0 Å². The average Bonchev–Trinajstić information content (AvgIpc) is 2.75. The summed E-state index contributed by atoms with van der Waals surface area (Å²) in [6, 6.07) is 4.98. The number of hydrogen-bond donors (Lipinski definition) is 2. The molecule has 0 atom stereocenters. The van der Waals surface area contributed by atoms with E-state index in [2.05, 4.69) is 10.3 Å². The number of carboxylic acid groups (broad SMARTS) is 1. The molecule has 1 aliphatic carbocycles. The van der Waals surface area contributed by atoms with E-state index in [1.807, 2.05) is 0 Å². The molecule has 5 nitrogen and oxygen atoms in total. The number of carboxylic acids is 1. The fourth-order valence-electron chi connectivity index (χ4n) is 2.87. The van der Waals surface area contributed by atoms with Gasteiger partial charge in [0.15, 0.2) is 0 Å². The number of carbonyl (C=O) groups is 2. The van der Waals surface area contributed by atoms with Crippen molar-refractivity contribution in [3.8, 4) is 0 Å². The molecule has 0 aliphatic heterocycles. The summed E-state index contributed by atoms with van der Waals surface area (Å²) in [6.45, 7) is 0. The molecule has 1 amide bonds. The largest absolute Gasteiger partial charge is 0.481 e. The van der Waals surface area contributed by atoms with Gasteiger partial charge in [-0.1, -0.05) is 30.5 Å². The SMILES string of the molecule is O=C(O)CC1(CC(=O)Nc2cccc(Cl)n2)CCCC1. The number of aromatic nitrogens is 1. The third kappa shape index (κ3) is 3.93. The van der Waals surface area contributed by atoms with Crippen LogP contribution in [0, 0.1) is 5.41 Å². The van der Waals surface area contributed by atoms with Crippen LogP contribution in [0.25, 0.3) is 0 Å². The highest BCUT2D eigenvalue weighted by molar-refractivity contribution is 6.29. The quantitative estimate of drug-likeness (QED) is 0.818. The van der Waals surface area contributed by atoms with Crippen molar-refractivity contribution >= 4 is 29.3 Å². The molecule has 2 rings (SSSR count). The Morgan fingerprint density at radius 3 is 2.60 bits per heavy atom. The van der Waals surface area contributed by atoms with Gasteiger partial charge >= 0.3 is 5.97 Å². The number of hydrogen-bond acceptors (Lipinski definition) is 3. The van der Waals surface area contributed by atoms with E-state index < -0.39 is 11.4 Å². The highest BCUT2D eigenvalue weighted by Gasteiger charge is 2.38. The monoisotopic (exact) mass is 296 g/mol. The lowest BCUT2D eigenvalue weighted by Crippen LogP contribution is -2.27. The Labute approximate surface area is 122 Å². The number of rotatable bonds is 5. The summed E-state index contributed by atoms with van der Waals surface area (Å²) in [4.78, 5) is 27.1. The predicted molar refractivity (Wildman–Crippen MR) is 75.6 cm³/mol. The van der Waals surface area contributed by atoms with Crippen molar-refractivity contribution in [1.29, 1.82) is 0 Å². The first-order valence-corrected chi connectivity index (χ1v) is 7.01. The van der Waals surface area contributed by atoms with Crippen molar-refractivity contribution in [2.24, 2.45) is 5.41 Å². The first-order valence-electron chi connectivity index (χ1n) is 6.63. The Kier molecular flexibility index (Phi) is 4.60. The smallest absolute Gasteiger partial charge is 0.303 e. The lowest BCUT2D eigenvalue weighted by molar-refractivity contribution is -0.140. The van der Waals surface area contributed by atoms with E-state index in [4.69, 9.17) is 16.7 Å². The topological polar surface area (TPSA) is 79.3 Å². The second-order valence-electron chi connectivity index (χ2n) is 5.35. The zero-order valence-corrected chi connectivity index (χ0v) is 11.8. The number of amides is 1. The molecule has 1 heterocycles. The van der Waals surface area contributed by atoms with Crippen LogP contribution in [0.1, 0.15) is 38.5 Å². The van der Waals surface area contributed by atoms with Gasteiger partial charge in [-0.25, -0.2) is 4.98 Å². The molecule has 6 heteroatoms. The molecule has 1 aromatic rings. The highest BCUT2D eigenvalue weighted by atomic mass is 35.5. The molecule has 0 spiro atoms. The number of nitrogens with zero attached hydrogens (tertiary/aromatic N) is 1. The number of nitrogens with one attached hydrogen (secondary N) is 1. The van der Waals surface area contributed by atoms with Crippen molar-refractivity contribution in [2.75, 3.05) is 5.32 Å². The molecule has 0 bridgehead atoms. The predicted octanol–water partition coefficient (Wildman–Crippen LogP) is 3.10. The van der Waals surface area contributed by atoms with Gasteiger partial charge < -0.3 is 10.4 Å². The number of aliphatic carboxylic acids is 1. The molecule has 0 aromatic carbocycles. The van der Waals surface area contributed by atoms with Crippen LogP contribution in [0.15, 0.2) is 18.2 Å². The Morgan fingerprint density at radius 1 is 1.30 bits per heavy atom. The Hall–Kier alpha value is -1.62. The summed E-state index contributed by atoms with van der Waals surface area (Å²) >= 11 is 5.75. The van der Waals surface area contributed by atoms with E-state index in [0.717, 1.165) is 25.7 Å². The fourth-order valence-corrected chi connectivity index (χ4v) is 3.03. The van der Waals surface area contributed by atoms with Crippen molar-refractivity contribution in [1.82, 2.24) is 4.98 Å². The standard InChI is InChI=1S/C14H17ClN2O3/c15-10-4-3-5-11(16-10)17-12(18)8-14(9-13(19)20)6-1-2-7-14/h3-5H,1-2,6-9H2,(H,19,20)(H,16,17,18). The summed E-state index contributed by atoms with van der Waals surface area (Å²) in [7, 11) is 0. The van der Waals surface area contributed by atoms with Crippen LogP contribution in [0.4, 0.5) is 5.82 Å². The van der Waals surface area contributed by atoms with Crippen LogP contribution in [0.5, 0.6) is 0 Å². The second kappa shape index (κ2) is 6.22. The van der Waals surface area contributed by atoms with Crippen LogP contribution in [0.3, 0.4) is 0 Å². The number of pyridine rings is 1. The molecule has 1 saturated carbocycles. The van der Waals surface area contributed by atoms with Gasteiger partial charge in [0.25, 0.3) is 0 Å². The Morgan fingerprint density at radius 2 is 2.00 bits per heavy atom. The first-order chi connectivity index (χ1) is 9.49. The van der Waals surface area contributed by atoms with Crippen molar-refractivity contribution in [3.63, 3.8) is 0 Å². The van der Waals surface area contributed by atoms with E-state index in [-0.39, 0.29) is 18.7 Å². The molecule has 2 N–H and O–H groups in total. The van der Waals surface area contributed by atoms with Gasteiger partial charge in [-0.3, -0.25) is 9.59 Å². The first kappa shape index (κ1) is 14.8. The molecule has 108 valence electrons. The lowest BCUT2D eigenvalue weighted by atomic mass is 9.79. The van der Waals surface area contributed by atoms with Crippen LogP contribution in [-0.4, -0.2) is 22.0 Å². The van der Waals surface area contributed by atoms with Crippen molar-refractivity contribution in [3.05, 3.63) is 23.4 Å². The van der Waals surface area contributed by atoms with Gasteiger partial charge in [0.05, 0.1) is 6.42 Å². The fraction of sp³-hybridized carbons (Fsp3) is 0.500. The number of halogens is 1. The van der Waals surface area contributed by atoms with Gasteiger partial charge in [-0.2, -0.15) is 0 Å². The van der Waals surface area contributed by atoms with Crippen molar-refractivity contribution in [2.45, 2.75) is 38.5 Å².